The number of likely N-dealkylation sites (N-methyl/N-ethyl adjacent to an activating group) is 1. The summed E-state index contributed by atoms with van der Waals surface area (Å²) >= 11 is 0. The Morgan fingerprint density at radius 2 is 2.23 bits per heavy atom. The molecule has 3 aliphatic rings. The Morgan fingerprint density at radius 1 is 1.46 bits per heavy atom. The first-order chi connectivity index (χ1) is 12.3. The van der Waals surface area contributed by atoms with Crippen LogP contribution in [0.15, 0.2) is 24.8 Å². The first kappa shape index (κ1) is 17.6. The largest absolute Gasteiger partial charge is 0.504 e. The van der Waals surface area contributed by atoms with Gasteiger partial charge in [-0.15, -0.1) is 6.58 Å². The van der Waals surface area contributed by atoms with Crippen LogP contribution in [0.3, 0.4) is 0 Å². The number of phenolic OH excluding ortho intramolecular Hbond substituents is 1. The van der Waals surface area contributed by atoms with Crippen molar-refractivity contribution >= 4 is 5.78 Å². The van der Waals surface area contributed by atoms with E-state index in [1.807, 2.05) is 19.2 Å². The minimum Gasteiger partial charge on any atom is -0.504 e. The Morgan fingerprint density at radius 3 is 2.96 bits per heavy atom. The molecule has 1 fully saturated rings. The second kappa shape index (κ2) is 5.83. The third kappa shape index (κ3) is 2.07. The molecule has 1 aromatic carbocycles. The van der Waals surface area contributed by atoms with Crippen molar-refractivity contribution in [3.8, 4) is 11.5 Å². The molecule has 0 bridgehead atoms. The minimum atomic E-state index is -1.01. The van der Waals surface area contributed by atoms with E-state index in [-0.39, 0.29) is 17.5 Å². The summed E-state index contributed by atoms with van der Waals surface area (Å²) in [6.45, 7) is 7.30. The van der Waals surface area contributed by atoms with Crippen LogP contribution in [0.4, 0.5) is 0 Å². The molecule has 2 N–H and O–H groups in total. The molecule has 0 amide bonds. The van der Waals surface area contributed by atoms with Crippen LogP contribution in [-0.2, 0) is 16.6 Å². The van der Waals surface area contributed by atoms with Crippen LogP contribution in [0, 0.1) is 5.92 Å². The number of ketones is 1. The smallest absolute Gasteiger partial charge is 0.174 e. The van der Waals surface area contributed by atoms with E-state index in [9.17, 15) is 15.0 Å². The maximum Gasteiger partial charge on any atom is 0.174 e. The van der Waals surface area contributed by atoms with E-state index in [2.05, 4.69) is 18.4 Å². The van der Waals surface area contributed by atoms with Crippen LogP contribution in [0.5, 0.6) is 11.5 Å². The van der Waals surface area contributed by atoms with Crippen LogP contribution in [-0.4, -0.2) is 52.7 Å². The van der Waals surface area contributed by atoms with Crippen molar-refractivity contribution in [2.24, 2.45) is 5.92 Å². The summed E-state index contributed by atoms with van der Waals surface area (Å²) < 4.78 is 6.06. The fraction of sp³-hybridized carbons (Fsp3) is 0.571. The third-order valence-electron chi connectivity index (χ3n) is 6.84. The van der Waals surface area contributed by atoms with E-state index in [1.165, 1.54) is 0 Å². The lowest BCUT2D eigenvalue weighted by atomic mass is 9.49. The molecule has 1 heterocycles. The van der Waals surface area contributed by atoms with Crippen molar-refractivity contribution in [3.63, 3.8) is 0 Å². The number of aliphatic hydroxyl groups is 1. The van der Waals surface area contributed by atoms with E-state index in [4.69, 9.17) is 4.74 Å². The summed E-state index contributed by atoms with van der Waals surface area (Å²) in [5, 5.41) is 22.2. The highest BCUT2D eigenvalue weighted by Gasteiger charge is 2.69. The second-order valence-corrected chi connectivity index (χ2v) is 8.21. The molecule has 1 aliphatic heterocycles. The maximum atomic E-state index is 12.8. The molecule has 0 saturated heterocycles. The van der Waals surface area contributed by atoms with Gasteiger partial charge in [-0.3, -0.25) is 4.79 Å². The molecule has 0 radical (unpaired) electrons. The van der Waals surface area contributed by atoms with Crippen LogP contribution in [0.2, 0.25) is 0 Å². The Kier molecular flexibility index (Phi) is 3.93. The van der Waals surface area contributed by atoms with Gasteiger partial charge in [0.15, 0.2) is 23.4 Å². The molecule has 0 aromatic heterocycles. The second-order valence-electron chi connectivity index (χ2n) is 8.21. The molecule has 5 nitrogen and oxygen atoms in total. The summed E-state index contributed by atoms with van der Waals surface area (Å²) in [5.74, 6) is 0.507. The Balaban J connectivity index is 1.90. The van der Waals surface area contributed by atoms with Gasteiger partial charge >= 0.3 is 0 Å². The highest BCUT2D eigenvalue weighted by atomic mass is 16.5. The van der Waals surface area contributed by atoms with Gasteiger partial charge in [0.2, 0.25) is 0 Å². The topological polar surface area (TPSA) is 70.0 Å². The van der Waals surface area contributed by atoms with Gasteiger partial charge in [-0.2, -0.15) is 0 Å². The van der Waals surface area contributed by atoms with E-state index in [0.29, 0.717) is 31.6 Å². The average molecular weight is 357 g/mol. The van der Waals surface area contributed by atoms with Crippen molar-refractivity contribution in [1.29, 1.82) is 0 Å². The monoisotopic (exact) mass is 357 g/mol. The van der Waals surface area contributed by atoms with E-state index >= 15 is 0 Å². The van der Waals surface area contributed by atoms with Crippen molar-refractivity contribution in [2.45, 2.75) is 49.7 Å². The zero-order chi connectivity index (χ0) is 18.7. The fourth-order valence-electron chi connectivity index (χ4n) is 5.53. The number of hydrogen-bond donors (Lipinski definition) is 2. The Bertz CT molecular complexity index is 776. The van der Waals surface area contributed by atoms with Crippen molar-refractivity contribution in [1.82, 2.24) is 4.90 Å². The SMILES string of the molecule is C=CCN(C)CC[C@@]12c3c4ccc(O)c3OC1C(=O)CCC2(O)C(C)C4. The summed E-state index contributed by atoms with van der Waals surface area (Å²) in [4.78, 5) is 14.9. The van der Waals surface area contributed by atoms with Gasteiger partial charge in [-0.25, -0.2) is 0 Å². The van der Waals surface area contributed by atoms with Crippen LogP contribution in [0.25, 0.3) is 0 Å². The van der Waals surface area contributed by atoms with Crippen molar-refractivity contribution in [2.75, 3.05) is 20.1 Å². The number of carbonyl (C=O) groups is 1. The number of benzene rings is 1. The quantitative estimate of drug-likeness (QED) is 0.791. The highest BCUT2D eigenvalue weighted by molar-refractivity contribution is 5.89. The number of nitrogens with zero attached hydrogens (tertiary/aromatic N) is 1. The van der Waals surface area contributed by atoms with E-state index < -0.39 is 17.1 Å². The zero-order valence-corrected chi connectivity index (χ0v) is 15.5. The average Bonchev–Trinajstić information content (AvgIpc) is 2.97. The van der Waals surface area contributed by atoms with Gasteiger partial charge in [0.1, 0.15) is 0 Å². The first-order valence-electron chi connectivity index (χ1n) is 9.41. The lowest BCUT2D eigenvalue weighted by molar-refractivity contribution is -0.165. The summed E-state index contributed by atoms with van der Waals surface area (Å²) in [7, 11) is 2.01. The standard InChI is InChI=1S/C21H27NO4/c1-4-10-22(3)11-9-20-17-14-5-6-15(23)18(17)26-19(20)16(24)7-8-21(20,25)13(2)12-14/h4-6,13,19,23,25H,1,7-12H2,2-3H3/t13?,19?,20-,21?/m1/s1. The maximum absolute atomic E-state index is 12.8. The summed E-state index contributed by atoms with van der Waals surface area (Å²) in [6, 6.07) is 3.56. The molecule has 4 atom stereocenters. The molecular weight excluding hydrogens is 330 g/mol. The zero-order valence-electron chi connectivity index (χ0n) is 15.5. The van der Waals surface area contributed by atoms with Crippen LogP contribution >= 0.6 is 0 Å². The van der Waals surface area contributed by atoms with Crippen LogP contribution in [0.1, 0.15) is 37.3 Å². The number of carbonyl (C=O) groups excluding carboxylic acids is 1. The van der Waals surface area contributed by atoms with Gasteiger partial charge < -0.3 is 19.8 Å². The summed E-state index contributed by atoms with van der Waals surface area (Å²) in [6.07, 6.45) is 3.24. The Hall–Kier alpha value is -1.85. The molecular formula is C21H27NO4. The molecule has 1 saturated carbocycles. The van der Waals surface area contributed by atoms with Gasteiger partial charge in [0, 0.05) is 18.5 Å². The minimum absolute atomic E-state index is 0.0226. The van der Waals surface area contributed by atoms with Gasteiger partial charge in [0.05, 0.1) is 11.0 Å². The number of rotatable bonds is 5. The van der Waals surface area contributed by atoms with Crippen LogP contribution < -0.4 is 4.74 Å². The number of Topliss-reactive ketones (excluding diaryl/α,β-unsaturated/α-hetero) is 1. The number of ether oxygens (including phenoxy) is 1. The molecule has 1 aromatic rings. The number of phenols is 1. The lowest BCUT2D eigenvalue weighted by Gasteiger charge is -2.56. The predicted octanol–water partition coefficient (Wildman–Crippen LogP) is 2.19. The molecule has 5 heteroatoms. The molecule has 140 valence electrons. The van der Waals surface area contributed by atoms with Gasteiger partial charge in [0.25, 0.3) is 0 Å². The molecule has 3 unspecified atom stereocenters. The first-order valence-corrected chi connectivity index (χ1v) is 9.41. The van der Waals surface area contributed by atoms with E-state index in [1.54, 1.807) is 6.07 Å². The summed E-state index contributed by atoms with van der Waals surface area (Å²) in [5.41, 5.74) is 0.146. The lowest BCUT2D eigenvalue weighted by Crippen LogP contribution is -2.68. The van der Waals surface area contributed by atoms with Crippen molar-refractivity contribution < 1.29 is 19.7 Å². The number of hydrogen-bond acceptors (Lipinski definition) is 5. The highest BCUT2D eigenvalue weighted by Crippen LogP contribution is 2.63. The molecule has 2 aliphatic carbocycles. The Labute approximate surface area is 154 Å². The fourth-order valence-corrected chi connectivity index (χ4v) is 5.53. The third-order valence-corrected chi connectivity index (χ3v) is 6.84. The normalized spacial score (nSPS) is 34.5. The predicted molar refractivity (Wildman–Crippen MR) is 98.6 cm³/mol. The van der Waals surface area contributed by atoms with Gasteiger partial charge in [-0.1, -0.05) is 19.1 Å². The van der Waals surface area contributed by atoms with Crippen molar-refractivity contribution in [3.05, 3.63) is 35.9 Å². The van der Waals surface area contributed by atoms with E-state index in [0.717, 1.165) is 24.1 Å². The number of aromatic hydroxyl groups is 1. The molecule has 26 heavy (non-hydrogen) atoms. The molecule has 0 spiro atoms. The molecule has 4 rings (SSSR count). The van der Waals surface area contributed by atoms with Gasteiger partial charge in [-0.05, 0) is 50.4 Å².